The molecule has 1 heterocycles. The second-order valence-electron chi connectivity index (χ2n) is 4.25. The Kier molecular flexibility index (Phi) is 3.41. The Hall–Kier alpha value is -2.67. The third-order valence-electron chi connectivity index (χ3n) is 2.88. The molecule has 6 nitrogen and oxygen atoms in total. The van der Waals surface area contributed by atoms with Crippen LogP contribution in [0.4, 0.5) is 11.5 Å². The predicted molar refractivity (Wildman–Crippen MR) is 78.6 cm³/mol. The molecular weight excluding hydrogens is 288 g/mol. The van der Waals surface area contributed by atoms with Gasteiger partial charge in [0.05, 0.1) is 16.8 Å². The SMILES string of the molecule is O=S(=O)(c1ccccc1)N(c1ccccc1)c1c[nH]nn1. The molecule has 0 aliphatic heterocycles. The molecule has 2 aromatic carbocycles. The summed E-state index contributed by atoms with van der Waals surface area (Å²) in [5.41, 5.74) is 0.496. The molecule has 0 aliphatic carbocycles. The minimum atomic E-state index is -3.77. The minimum Gasteiger partial charge on any atom is -0.263 e. The van der Waals surface area contributed by atoms with Crippen molar-refractivity contribution in [2.24, 2.45) is 0 Å². The van der Waals surface area contributed by atoms with Crippen LogP contribution in [-0.4, -0.2) is 23.8 Å². The van der Waals surface area contributed by atoms with E-state index in [9.17, 15) is 8.42 Å². The molecule has 0 aliphatic rings. The van der Waals surface area contributed by atoms with Crippen LogP contribution in [-0.2, 0) is 10.0 Å². The largest absolute Gasteiger partial charge is 0.269 e. The normalized spacial score (nSPS) is 11.2. The van der Waals surface area contributed by atoms with Gasteiger partial charge in [-0.1, -0.05) is 41.6 Å². The van der Waals surface area contributed by atoms with E-state index in [1.165, 1.54) is 6.20 Å². The van der Waals surface area contributed by atoms with Crippen LogP contribution in [0, 0.1) is 0 Å². The highest BCUT2D eigenvalue weighted by molar-refractivity contribution is 7.93. The number of anilines is 2. The lowest BCUT2D eigenvalue weighted by atomic mass is 10.3. The molecule has 0 fully saturated rings. The van der Waals surface area contributed by atoms with E-state index in [0.717, 1.165) is 4.31 Å². The lowest BCUT2D eigenvalue weighted by Crippen LogP contribution is -2.26. The molecule has 0 bridgehead atoms. The first-order chi connectivity index (χ1) is 10.2. The maximum atomic E-state index is 12.9. The van der Waals surface area contributed by atoms with Crippen molar-refractivity contribution in [3.05, 3.63) is 66.9 Å². The predicted octanol–water partition coefficient (Wildman–Crippen LogP) is 2.33. The van der Waals surface area contributed by atoms with Gasteiger partial charge in [-0.15, -0.1) is 5.10 Å². The second-order valence-corrected chi connectivity index (χ2v) is 6.04. The van der Waals surface area contributed by atoms with E-state index < -0.39 is 10.0 Å². The number of aromatic nitrogens is 3. The number of rotatable bonds is 4. The smallest absolute Gasteiger partial charge is 0.263 e. The number of nitrogens with one attached hydrogen (secondary N) is 1. The van der Waals surface area contributed by atoms with E-state index in [0.29, 0.717) is 5.69 Å². The molecule has 0 atom stereocenters. The Morgan fingerprint density at radius 3 is 2.10 bits per heavy atom. The Morgan fingerprint density at radius 1 is 0.905 bits per heavy atom. The van der Waals surface area contributed by atoms with E-state index in [-0.39, 0.29) is 10.7 Å². The van der Waals surface area contributed by atoms with Crippen molar-refractivity contribution in [2.45, 2.75) is 4.90 Å². The number of nitrogens with zero attached hydrogens (tertiary/aromatic N) is 3. The molecule has 106 valence electrons. The maximum Gasteiger partial charge on any atom is 0.269 e. The van der Waals surface area contributed by atoms with Crippen LogP contribution in [0.15, 0.2) is 71.8 Å². The third-order valence-corrected chi connectivity index (χ3v) is 4.63. The van der Waals surface area contributed by atoms with Crippen LogP contribution >= 0.6 is 0 Å². The summed E-state index contributed by atoms with van der Waals surface area (Å²) >= 11 is 0. The third kappa shape index (κ3) is 2.50. The van der Waals surface area contributed by atoms with Gasteiger partial charge in [-0.05, 0) is 24.3 Å². The van der Waals surface area contributed by atoms with Crippen molar-refractivity contribution < 1.29 is 8.42 Å². The van der Waals surface area contributed by atoms with E-state index in [4.69, 9.17) is 0 Å². The van der Waals surface area contributed by atoms with Crippen molar-refractivity contribution in [1.29, 1.82) is 0 Å². The monoisotopic (exact) mass is 300 g/mol. The molecule has 0 amide bonds. The van der Waals surface area contributed by atoms with Gasteiger partial charge in [0.25, 0.3) is 10.0 Å². The quantitative estimate of drug-likeness (QED) is 0.802. The lowest BCUT2D eigenvalue weighted by molar-refractivity contribution is 0.596. The summed E-state index contributed by atoms with van der Waals surface area (Å²) in [5, 5.41) is 9.96. The Balaban J connectivity index is 2.17. The molecule has 3 aromatic rings. The van der Waals surface area contributed by atoms with E-state index in [1.807, 2.05) is 6.07 Å². The summed E-state index contributed by atoms with van der Waals surface area (Å²) in [6, 6.07) is 17.0. The number of benzene rings is 2. The Bertz CT molecular complexity index is 803. The molecule has 21 heavy (non-hydrogen) atoms. The summed E-state index contributed by atoms with van der Waals surface area (Å²) in [7, 11) is -3.77. The van der Waals surface area contributed by atoms with Gasteiger partial charge in [0.2, 0.25) is 0 Å². The number of sulfonamides is 1. The topological polar surface area (TPSA) is 79.0 Å². The van der Waals surface area contributed by atoms with Gasteiger partial charge in [-0.3, -0.25) is 5.10 Å². The van der Waals surface area contributed by atoms with Gasteiger partial charge in [0.1, 0.15) is 0 Å². The van der Waals surface area contributed by atoms with E-state index in [2.05, 4.69) is 15.4 Å². The summed E-state index contributed by atoms with van der Waals surface area (Å²) in [6.07, 6.45) is 1.44. The number of aromatic amines is 1. The van der Waals surface area contributed by atoms with Crippen LogP contribution < -0.4 is 4.31 Å². The lowest BCUT2D eigenvalue weighted by Gasteiger charge is -2.21. The van der Waals surface area contributed by atoms with Gasteiger partial charge in [-0.25, -0.2) is 12.7 Å². The summed E-state index contributed by atoms with van der Waals surface area (Å²) < 4.78 is 26.9. The number of hydrogen-bond donors (Lipinski definition) is 1. The van der Waals surface area contributed by atoms with Crippen molar-refractivity contribution in [1.82, 2.24) is 15.4 Å². The zero-order valence-corrected chi connectivity index (χ0v) is 11.7. The molecule has 0 radical (unpaired) electrons. The minimum absolute atomic E-state index is 0.192. The first-order valence-corrected chi connectivity index (χ1v) is 7.65. The highest BCUT2D eigenvalue weighted by Crippen LogP contribution is 2.29. The summed E-state index contributed by atoms with van der Waals surface area (Å²) in [6.45, 7) is 0. The first-order valence-electron chi connectivity index (χ1n) is 6.21. The van der Waals surface area contributed by atoms with Crippen LogP contribution in [0.1, 0.15) is 0 Å². The fraction of sp³-hybridized carbons (Fsp3) is 0. The molecule has 1 aromatic heterocycles. The van der Waals surface area contributed by atoms with Gasteiger partial charge >= 0.3 is 0 Å². The standard InChI is InChI=1S/C14H12N4O2S/c19-21(20,13-9-5-2-6-10-13)18(14-11-15-17-16-14)12-7-3-1-4-8-12/h1-11H,(H,15,16,17). The fourth-order valence-corrected chi connectivity index (χ4v) is 3.40. The fourth-order valence-electron chi connectivity index (χ4n) is 1.95. The van der Waals surface area contributed by atoms with Gasteiger partial charge < -0.3 is 0 Å². The molecular formula is C14H12N4O2S. The van der Waals surface area contributed by atoms with Crippen molar-refractivity contribution >= 4 is 21.5 Å². The van der Waals surface area contributed by atoms with Gasteiger partial charge in [0.15, 0.2) is 5.82 Å². The van der Waals surface area contributed by atoms with Gasteiger partial charge in [0, 0.05) is 0 Å². The van der Waals surface area contributed by atoms with Crippen LogP contribution in [0.25, 0.3) is 0 Å². The molecule has 0 saturated carbocycles. The molecule has 0 unspecified atom stereocenters. The average molecular weight is 300 g/mol. The van der Waals surface area contributed by atoms with Crippen molar-refractivity contribution in [2.75, 3.05) is 4.31 Å². The molecule has 1 N–H and O–H groups in total. The molecule has 0 saturated heterocycles. The summed E-state index contributed by atoms with van der Waals surface area (Å²) in [4.78, 5) is 0.192. The Morgan fingerprint density at radius 2 is 1.52 bits per heavy atom. The van der Waals surface area contributed by atoms with Crippen molar-refractivity contribution in [3.63, 3.8) is 0 Å². The number of H-pyrrole nitrogens is 1. The van der Waals surface area contributed by atoms with E-state index >= 15 is 0 Å². The molecule has 7 heteroatoms. The van der Waals surface area contributed by atoms with Crippen LogP contribution in [0.2, 0.25) is 0 Å². The first kappa shape index (κ1) is 13.3. The zero-order chi connectivity index (χ0) is 14.7. The number of para-hydroxylation sites is 1. The highest BCUT2D eigenvalue weighted by atomic mass is 32.2. The zero-order valence-electron chi connectivity index (χ0n) is 10.9. The molecule has 0 spiro atoms. The number of hydrogen-bond acceptors (Lipinski definition) is 4. The van der Waals surface area contributed by atoms with Crippen molar-refractivity contribution in [3.8, 4) is 0 Å². The highest BCUT2D eigenvalue weighted by Gasteiger charge is 2.28. The maximum absolute atomic E-state index is 12.9. The Labute approximate surface area is 122 Å². The second kappa shape index (κ2) is 5.37. The molecule has 3 rings (SSSR count). The van der Waals surface area contributed by atoms with Crippen LogP contribution in [0.3, 0.4) is 0 Å². The average Bonchev–Trinajstić information content (AvgIpc) is 3.03. The van der Waals surface area contributed by atoms with E-state index in [1.54, 1.807) is 54.6 Å². The van der Waals surface area contributed by atoms with Gasteiger partial charge in [-0.2, -0.15) is 0 Å². The summed E-state index contributed by atoms with van der Waals surface area (Å²) in [5.74, 6) is 0.213. The van der Waals surface area contributed by atoms with Crippen LogP contribution in [0.5, 0.6) is 0 Å².